The molecule has 0 saturated carbocycles. The largest absolute Gasteiger partial charge is 0.493 e. The van der Waals surface area contributed by atoms with Crippen LogP contribution in [-0.2, 0) is 11.2 Å². The van der Waals surface area contributed by atoms with E-state index >= 15 is 0 Å². The third kappa shape index (κ3) is 5.15. The summed E-state index contributed by atoms with van der Waals surface area (Å²) in [5.74, 6) is 1.58. The van der Waals surface area contributed by atoms with E-state index in [1.807, 2.05) is 39.0 Å². The highest BCUT2D eigenvalue weighted by molar-refractivity contribution is 5.54. The fourth-order valence-corrected chi connectivity index (χ4v) is 2.19. The zero-order valence-corrected chi connectivity index (χ0v) is 14.7. The first-order chi connectivity index (χ1) is 10.9. The summed E-state index contributed by atoms with van der Waals surface area (Å²) < 4.78 is 22.1. The van der Waals surface area contributed by atoms with Crippen molar-refractivity contribution in [3.05, 3.63) is 30.4 Å². The van der Waals surface area contributed by atoms with Gasteiger partial charge in [-0.3, -0.25) is 0 Å². The van der Waals surface area contributed by atoms with E-state index in [0.29, 0.717) is 30.3 Å². The van der Waals surface area contributed by atoms with Gasteiger partial charge in [0.25, 0.3) is 0 Å². The Hall–Kier alpha value is -1.72. The second-order valence-electron chi connectivity index (χ2n) is 5.69. The molecule has 23 heavy (non-hydrogen) atoms. The van der Waals surface area contributed by atoms with Gasteiger partial charge >= 0.3 is 0 Å². The quantitative estimate of drug-likeness (QED) is 0.671. The fraction of sp³-hybridized carbons (Fsp3) is 0.556. The molecule has 1 atom stereocenters. The second-order valence-corrected chi connectivity index (χ2v) is 5.69. The van der Waals surface area contributed by atoms with Gasteiger partial charge < -0.3 is 24.1 Å². The number of aliphatic hydroxyl groups excluding tert-OH is 1. The molecule has 1 unspecified atom stereocenters. The Morgan fingerprint density at radius 1 is 1.22 bits per heavy atom. The lowest BCUT2D eigenvalue weighted by Gasteiger charge is -2.30. The van der Waals surface area contributed by atoms with Gasteiger partial charge in [0, 0.05) is 6.61 Å². The highest BCUT2D eigenvalue weighted by atomic mass is 16.6. The van der Waals surface area contributed by atoms with Crippen molar-refractivity contribution in [2.24, 2.45) is 0 Å². The van der Waals surface area contributed by atoms with Gasteiger partial charge in [0.1, 0.15) is 12.7 Å². The number of hydrogen-bond donors (Lipinski definition) is 1. The third-order valence-electron chi connectivity index (χ3n) is 3.60. The lowest BCUT2D eigenvalue weighted by Crippen LogP contribution is -2.42. The molecule has 0 aliphatic rings. The summed E-state index contributed by atoms with van der Waals surface area (Å²) in [5.41, 5.74) is 0.314. The van der Waals surface area contributed by atoms with Crippen molar-refractivity contribution in [1.29, 1.82) is 0 Å². The predicted molar refractivity (Wildman–Crippen MR) is 90.7 cm³/mol. The van der Waals surface area contributed by atoms with E-state index in [1.54, 1.807) is 14.2 Å². The van der Waals surface area contributed by atoms with Crippen molar-refractivity contribution in [3.8, 4) is 17.2 Å². The molecular weight excluding hydrogens is 296 g/mol. The Kier molecular flexibility index (Phi) is 7.39. The average molecular weight is 324 g/mol. The number of benzene rings is 1. The van der Waals surface area contributed by atoms with Gasteiger partial charge in [-0.05, 0) is 44.9 Å². The monoisotopic (exact) mass is 324 g/mol. The van der Waals surface area contributed by atoms with Crippen LogP contribution >= 0.6 is 0 Å². The maximum atomic E-state index is 10.3. The van der Waals surface area contributed by atoms with Crippen LogP contribution in [0.2, 0.25) is 0 Å². The molecule has 0 heterocycles. The standard InChI is InChI=1S/C18H28O5/c1-7-9-13-10-14(20-5)17(15(11-13)21-6)22-12-16(19)18(3,4)23-8-2/h7,10-11,16,19H,1,8-9,12H2,2-6H3. The predicted octanol–water partition coefficient (Wildman–Crippen LogP) is 2.99. The van der Waals surface area contributed by atoms with Crippen LogP contribution in [0.5, 0.6) is 17.2 Å². The molecule has 0 amide bonds. The highest BCUT2D eigenvalue weighted by Gasteiger charge is 2.29. The number of hydrogen-bond acceptors (Lipinski definition) is 5. The molecule has 5 heteroatoms. The van der Waals surface area contributed by atoms with Gasteiger partial charge in [-0.1, -0.05) is 6.08 Å². The van der Waals surface area contributed by atoms with Crippen LogP contribution in [0.3, 0.4) is 0 Å². The summed E-state index contributed by atoms with van der Waals surface area (Å²) in [6, 6.07) is 3.75. The van der Waals surface area contributed by atoms with Crippen molar-refractivity contribution >= 4 is 0 Å². The van der Waals surface area contributed by atoms with Crippen molar-refractivity contribution < 1.29 is 24.1 Å². The van der Waals surface area contributed by atoms with Crippen molar-refractivity contribution in [2.75, 3.05) is 27.4 Å². The number of ether oxygens (including phenoxy) is 4. The van der Waals surface area contributed by atoms with E-state index in [1.165, 1.54) is 0 Å². The minimum atomic E-state index is -0.787. The molecule has 1 aromatic rings. The molecule has 130 valence electrons. The molecule has 0 aromatic heterocycles. The molecule has 0 radical (unpaired) electrons. The number of rotatable bonds is 10. The first kappa shape index (κ1) is 19.3. The molecule has 0 aliphatic carbocycles. The molecule has 1 aromatic carbocycles. The summed E-state index contributed by atoms with van der Waals surface area (Å²) in [5, 5.41) is 10.3. The SMILES string of the molecule is C=CCc1cc(OC)c(OCC(O)C(C)(C)OCC)c(OC)c1. The molecule has 0 bridgehead atoms. The third-order valence-corrected chi connectivity index (χ3v) is 3.60. The fourth-order valence-electron chi connectivity index (χ4n) is 2.19. The van der Waals surface area contributed by atoms with Gasteiger partial charge in [-0.2, -0.15) is 0 Å². The van der Waals surface area contributed by atoms with Crippen LogP contribution in [0.15, 0.2) is 24.8 Å². The van der Waals surface area contributed by atoms with Crippen LogP contribution in [0, 0.1) is 0 Å². The van der Waals surface area contributed by atoms with Crippen molar-refractivity contribution in [1.82, 2.24) is 0 Å². The summed E-state index contributed by atoms with van der Waals surface area (Å²) in [7, 11) is 3.14. The number of aliphatic hydroxyl groups is 1. The molecule has 1 N–H and O–H groups in total. The van der Waals surface area contributed by atoms with Gasteiger partial charge in [-0.25, -0.2) is 0 Å². The number of methoxy groups -OCH3 is 2. The Labute approximate surface area is 138 Å². The molecule has 0 fully saturated rings. The van der Waals surface area contributed by atoms with Gasteiger partial charge in [0.2, 0.25) is 5.75 Å². The second kappa shape index (κ2) is 8.79. The summed E-state index contributed by atoms with van der Waals surface area (Å²) in [6.07, 6.45) is 1.72. The van der Waals surface area contributed by atoms with E-state index < -0.39 is 11.7 Å². The van der Waals surface area contributed by atoms with E-state index in [9.17, 15) is 5.11 Å². The van der Waals surface area contributed by atoms with Crippen molar-refractivity contribution in [2.45, 2.75) is 38.9 Å². The van der Waals surface area contributed by atoms with Gasteiger partial charge in [-0.15, -0.1) is 6.58 Å². The van der Waals surface area contributed by atoms with Crippen LogP contribution in [-0.4, -0.2) is 44.2 Å². The highest BCUT2D eigenvalue weighted by Crippen LogP contribution is 2.39. The lowest BCUT2D eigenvalue weighted by atomic mass is 10.0. The average Bonchev–Trinajstić information content (AvgIpc) is 2.52. The minimum Gasteiger partial charge on any atom is -0.493 e. The Bertz CT molecular complexity index is 485. The minimum absolute atomic E-state index is 0.0700. The Balaban J connectivity index is 2.96. The van der Waals surface area contributed by atoms with E-state index in [2.05, 4.69) is 6.58 Å². The Morgan fingerprint density at radius 2 is 1.78 bits per heavy atom. The Morgan fingerprint density at radius 3 is 2.22 bits per heavy atom. The van der Waals surface area contributed by atoms with Crippen molar-refractivity contribution in [3.63, 3.8) is 0 Å². The van der Waals surface area contributed by atoms with Crippen LogP contribution in [0.1, 0.15) is 26.3 Å². The zero-order valence-electron chi connectivity index (χ0n) is 14.7. The van der Waals surface area contributed by atoms with E-state index in [-0.39, 0.29) is 6.61 Å². The molecule has 0 saturated heterocycles. The van der Waals surface area contributed by atoms with Gasteiger partial charge in [0.05, 0.1) is 19.8 Å². The summed E-state index contributed by atoms with van der Waals surface area (Å²) >= 11 is 0. The smallest absolute Gasteiger partial charge is 0.203 e. The number of allylic oxidation sites excluding steroid dienone is 1. The molecule has 1 rings (SSSR count). The van der Waals surface area contributed by atoms with Crippen LogP contribution in [0.4, 0.5) is 0 Å². The maximum Gasteiger partial charge on any atom is 0.203 e. The summed E-state index contributed by atoms with van der Waals surface area (Å²) in [6.45, 7) is 9.86. The van der Waals surface area contributed by atoms with Crippen LogP contribution < -0.4 is 14.2 Å². The first-order valence-corrected chi connectivity index (χ1v) is 7.70. The molecule has 0 spiro atoms. The normalized spacial score (nSPS) is 12.6. The zero-order chi connectivity index (χ0) is 17.5. The summed E-state index contributed by atoms with van der Waals surface area (Å²) in [4.78, 5) is 0. The molecule has 5 nitrogen and oxygen atoms in total. The lowest BCUT2D eigenvalue weighted by molar-refractivity contribution is -0.108. The maximum absolute atomic E-state index is 10.3. The van der Waals surface area contributed by atoms with E-state index in [0.717, 1.165) is 5.56 Å². The topological polar surface area (TPSA) is 57.2 Å². The van der Waals surface area contributed by atoms with Crippen LogP contribution in [0.25, 0.3) is 0 Å². The molecule has 0 aliphatic heterocycles. The van der Waals surface area contributed by atoms with Gasteiger partial charge in [0.15, 0.2) is 11.5 Å². The van der Waals surface area contributed by atoms with E-state index in [4.69, 9.17) is 18.9 Å². The first-order valence-electron chi connectivity index (χ1n) is 7.70. The molecular formula is C18H28O5.